The molecule has 1 heterocycles. The highest BCUT2D eigenvalue weighted by atomic mass is 32.2. The number of rotatable bonds is 3. The summed E-state index contributed by atoms with van der Waals surface area (Å²) in [5.41, 5.74) is 5.83. The van der Waals surface area contributed by atoms with E-state index in [1.54, 1.807) is 12.1 Å². The molecule has 2 rings (SSSR count). The maximum Gasteiger partial charge on any atom is 0.243 e. The highest BCUT2D eigenvalue weighted by molar-refractivity contribution is 7.89. The van der Waals surface area contributed by atoms with Crippen molar-refractivity contribution in [3.05, 3.63) is 29.8 Å². The number of nitrogens with zero attached hydrogens (tertiary/aromatic N) is 2. The fourth-order valence-electron chi connectivity index (χ4n) is 1.93. The molecule has 0 saturated carbocycles. The minimum atomic E-state index is -3.59. The Balaban J connectivity index is 2.29. The molecule has 7 heteroatoms. The summed E-state index contributed by atoms with van der Waals surface area (Å²) >= 11 is 0. The van der Waals surface area contributed by atoms with E-state index in [1.807, 2.05) is 6.07 Å². The molecule has 1 aliphatic rings. The number of hydrogen-bond acceptors (Lipinski definition) is 5. The van der Waals surface area contributed by atoms with Crippen LogP contribution in [-0.2, 0) is 14.8 Å². The Morgan fingerprint density at radius 2 is 2.32 bits per heavy atom. The number of ether oxygens (including phenoxy) is 1. The molecule has 19 heavy (non-hydrogen) atoms. The summed E-state index contributed by atoms with van der Waals surface area (Å²) in [7, 11) is -3.59. The Kier molecular flexibility index (Phi) is 4.17. The maximum absolute atomic E-state index is 12.4. The second kappa shape index (κ2) is 5.67. The van der Waals surface area contributed by atoms with Crippen LogP contribution in [0.3, 0.4) is 0 Å². The topological polar surface area (TPSA) is 96.4 Å². The molecule has 1 fully saturated rings. The fraction of sp³-hybridized carbons (Fsp3) is 0.417. The van der Waals surface area contributed by atoms with Gasteiger partial charge in [0.1, 0.15) is 0 Å². The standard InChI is InChI=1S/C12H15N3O3S/c13-7-10-2-1-3-12(6-10)19(16,17)15-4-5-18-11(8-14)9-15/h1-3,6,11H,4-5,8-9,14H2. The SMILES string of the molecule is N#Cc1cccc(S(=O)(=O)N2CCOC(CN)C2)c1. The third kappa shape index (κ3) is 2.93. The van der Waals surface area contributed by atoms with Gasteiger partial charge in [0.15, 0.2) is 0 Å². The van der Waals surface area contributed by atoms with Crippen LogP contribution >= 0.6 is 0 Å². The van der Waals surface area contributed by atoms with Gasteiger partial charge in [-0.1, -0.05) is 6.07 Å². The molecular weight excluding hydrogens is 266 g/mol. The van der Waals surface area contributed by atoms with Gasteiger partial charge in [-0.25, -0.2) is 8.42 Å². The zero-order valence-electron chi connectivity index (χ0n) is 10.3. The van der Waals surface area contributed by atoms with Crippen molar-refractivity contribution in [2.75, 3.05) is 26.2 Å². The van der Waals surface area contributed by atoms with E-state index < -0.39 is 10.0 Å². The van der Waals surface area contributed by atoms with Crippen LogP contribution in [0.25, 0.3) is 0 Å². The largest absolute Gasteiger partial charge is 0.374 e. The van der Waals surface area contributed by atoms with Gasteiger partial charge >= 0.3 is 0 Å². The smallest absolute Gasteiger partial charge is 0.243 e. The normalized spacial score (nSPS) is 20.9. The Labute approximate surface area is 112 Å². The average molecular weight is 281 g/mol. The molecule has 1 aromatic rings. The van der Waals surface area contributed by atoms with Gasteiger partial charge in [-0.15, -0.1) is 0 Å². The van der Waals surface area contributed by atoms with Crippen molar-refractivity contribution in [3.63, 3.8) is 0 Å². The molecule has 0 radical (unpaired) electrons. The first kappa shape index (κ1) is 14.0. The lowest BCUT2D eigenvalue weighted by atomic mass is 10.2. The van der Waals surface area contributed by atoms with E-state index in [0.717, 1.165) is 0 Å². The number of hydrogen-bond donors (Lipinski definition) is 1. The van der Waals surface area contributed by atoms with Gasteiger partial charge in [-0.2, -0.15) is 9.57 Å². The summed E-state index contributed by atoms with van der Waals surface area (Å²) in [6.07, 6.45) is -0.275. The maximum atomic E-state index is 12.4. The Bertz CT molecular complexity index is 594. The van der Waals surface area contributed by atoms with Crippen LogP contribution in [0.4, 0.5) is 0 Å². The number of nitrogens with two attached hydrogens (primary N) is 1. The molecule has 102 valence electrons. The van der Waals surface area contributed by atoms with Gasteiger partial charge in [0.2, 0.25) is 10.0 Å². The Morgan fingerprint density at radius 1 is 1.53 bits per heavy atom. The predicted molar refractivity (Wildman–Crippen MR) is 68.7 cm³/mol. The van der Waals surface area contributed by atoms with Crippen LogP contribution in [0.5, 0.6) is 0 Å². The van der Waals surface area contributed by atoms with Crippen LogP contribution in [0.2, 0.25) is 0 Å². The number of nitriles is 1. The summed E-state index contributed by atoms with van der Waals surface area (Å²) in [6, 6.07) is 7.93. The van der Waals surface area contributed by atoms with E-state index in [-0.39, 0.29) is 24.1 Å². The molecule has 0 aromatic heterocycles. The Hall–Kier alpha value is -1.46. The molecule has 1 aliphatic heterocycles. The molecule has 1 unspecified atom stereocenters. The molecule has 1 saturated heterocycles. The van der Waals surface area contributed by atoms with Crippen LogP contribution in [0, 0.1) is 11.3 Å². The van der Waals surface area contributed by atoms with Crippen molar-refractivity contribution in [2.24, 2.45) is 5.73 Å². The number of benzene rings is 1. The molecule has 0 aliphatic carbocycles. The quantitative estimate of drug-likeness (QED) is 0.835. The zero-order chi connectivity index (χ0) is 13.9. The van der Waals surface area contributed by atoms with Crippen LogP contribution in [0.1, 0.15) is 5.56 Å². The molecule has 1 atom stereocenters. The highest BCUT2D eigenvalue weighted by Gasteiger charge is 2.30. The molecule has 6 nitrogen and oxygen atoms in total. The van der Waals surface area contributed by atoms with Crippen molar-refractivity contribution < 1.29 is 13.2 Å². The van der Waals surface area contributed by atoms with E-state index in [1.165, 1.54) is 16.4 Å². The van der Waals surface area contributed by atoms with Gasteiger partial charge in [0.05, 0.1) is 29.2 Å². The van der Waals surface area contributed by atoms with Gasteiger partial charge in [0, 0.05) is 19.6 Å². The first-order chi connectivity index (χ1) is 9.07. The summed E-state index contributed by atoms with van der Waals surface area (Å²) in [4.78, 5) is 0.129. The predicted octanol–water partition coefficient (Wildman–Crippen LogP) is -0.0935. The minimum absolute atomic E-state index is 0.129. The molecule has 2 N–H and O–H groups in total. The van der Waals surface area contributed by atoms with E-state index in [0.29, 0.717) is 18.7 Å². The van der Waals surface area contributed by atoms with E-state index in [9.17, 15) is 8.42 Å². The molecular formula is C12H15N3O3S. The number of morpholine rings is 1. The Morgan fingerprint density at radius 3 is 3.00 bits per heavy atom. The van der Waals surface area contributed by atoms with Crippen molar-refractivity contribution in [1.82, 2.24) is 4.31 Å². The van der Waals surface area contributed by atoms with Crippen molar-refractivity contribution in [1.29, 1.82) is 5.26 Å². The van der Waals surface area contributed by atoms with Crippen molar-refractivity contribution >= 4 is 10.0 Å². The first-order valence-electron chi connectivity index (χ1n) is 5.90. The third-order valence-electron chi connectivity index (χ3n) is 2.97. The molecule has 1 aromatic carbocycles. The van der Waals surface area contributed by atoms with Gasteiger partial charge in [-0.05, 0) is 18.2 Å². The average Bonchev–Trinajstić information content (AvgIpc) is 2.47. The number of sulfonamides is 1. The van der Waals surface area contributed by atoms with E-state index in [4.69, 9.17) is 15.7 Å². The van der Waals surface area contributed by atoms with Gasteiger partial charge in [0.25, 0.3) is 0 Å². The monoisotopic (exact) mass is 281 g/mol. The fourth-order valence-corrected chi connectivity index (χ4v) is 3.43. The second-order valence-corrected chi connectivity index (χ2v) is 6.17. The highest BCUT2D eigenvalue weighted by Crippen LogP contribution is 2.19. The summed E-state index contributed by atoms with van der Waals surface area (Å²) in [6.45, 7) is 1.16. The lowest BCUT2D eigenvalue weighted by Gasteiger charge is -2.31. The third-order valence-corrected chi connectivity index (χ3v) is 4.83. The lowest BCUT2D eigenvalue weighted by Crippen LogP contribution is -2.48. The second-order valence-electron chi connectivity index (χ2n) is 4.23. The first-order valence-corrected chi connectivity index (χ1v) is 7.34. The van der Waals surface area contributed by atoms with E-state index >= 15 is 0 Å². The minimum Gasteiger partial charge on any atom is -0.374 e. The summed E-state index contributed by atoms with van der Waals surface area (Å²) in [5.74, 6) is 0. The van der Waals surface area contributed by atoms with Crippen LogP contribution < -0.4 is 5.73 Å². The van der Waals surface area contributed by atoms with Crippen LogP contribution in [0.15, 0.2) is 29.2 Å². The summed E-state index contributed by atoms with van der Waals surface area (Å²) < 4.78 is 31.6. The van der Waals surface area contributed by atoms with Gasteiger partial charge in [-0.3, -0.25) is 0 Å². The lowest BCUT2D eigenvalue weighted by molar-refractivity contribution is 0.00450. The zero-order valence-corrected chi connectivity index (χ0v) is 11.1. The summed E-state index contributed by atoms with van der Waals surface area (Å²) in [5, 5.41) is 8.82. The van der Waals surface area contributed by atoms with Crippen LogP contribution in [-0.4, -0.2) is 45.1 Å². The molecule has 0 spiro atoms. The van der Waals surface area contributed by atoms with Crippen molar-refractivity contribution in [3.8, 4) is 6.07 Å². The van der Waals surface area contributed by atoms with Gasteiger partial charge < -0.3 is 10.5 Å². The molecule has 0 bridgehead atoms. The molecule has 0 amide bonds. The van der Waals surface area contributed by atoms with E-state index in [2.05, 4.69) is 0 Å². The van der Waals surface area contributed by atoms with Crippen molar-refractivity contribution in [2.45, 2.75) is 11.0 Å².